The summed E-state index contributed by atoms with van der Waals surface area (Å²) in [4.78, 5) is 47.6. The van der Waals surface area contributed by atoms with E-state index in [1.54, 1.807) is 19.9 Å². The fraction of sp³-hybridized carbons (Fsp3) is 0.500. The third-order valence-corrected chi connectivity index (χ3v) is 5.19. The number of carbonyl (C=O) groups is 4. The Labute approximate surface area is 187 Å². The van der Waals surface area contributed by atoms with Gasteiger partial charge in [-0.25, -0.2) is 0 Å². The number of allylic oxidation sites excluding steroid dienone is 4. The van der Waals surface area contributed by atoms with E-state index in [0.717, 1.165) is 6.29 Å². The Bertz CT molecular complexity index is 869. The van der Waals surface area contributed by atoms with Crippen molar-refractivity contribution < 1.29 is 38.5 Å². The SMILES string of the molecule is CC(=O)OC=C1CCCC(C=O)=CC[C@@H]2C(C(=O)C=CC(C)(C)O)=CO[C@H](OC(C)=O)[C@@H]12. The van der Waals surface area contributed by atoms with Gasteiger partial charge in [-0.1, -0.05) is 6.08 Å². The molecule has 2 aliphatic rings. The number of esters is 2. The minimum Gasteiger partial charge on any atom is -0.461 e. The summed E-state index contributed by atoms with van der Waals surface area (Å²) in [5.41, 5.74) is 0.360. The Morgan fingerprint density at radius 1 is 1.19 bits per heavy atom. The van der Waals surface area contributed by atoms with E-state index in [2.05, 4.69) is 0 Å². The predicted octanol–water partition coefficient (Wildman–Crippen LogP) is 3.06. The molecule has 1 aliphatic heterocycles. The average molecular weight is 446 g/mol. The van der Waals surface area contributed by atoms with Gasteiger partial charge in [0, 0.05) is 25.3 Å². The molecule has 0 fully saturated rings. The number of rotatable bonds is 6. The van der Waals surface area contributed by atoms with Crippen LogP contribution in [0.5, 0.6) is 0 Å². The molecular formula is C24H30O8. The molecule has 0 saturated heterocycles. The topological polar surface area (TPSA) is 116 Å². The van der Waals surface area contributed by atoms with Gasteiger partial charge in [-0.3, -0.25) is 19.2 Å². The summed E-state index contributed by atoms with van der Waals surface area (Å²) in [6.45, 7) is 5.61. The highest BCUT2D eigenvalue weighted by Crippen LogP contribution is 2.42. The Morgan fingerprint density at radius 3 is 2.50 bits per heavy atom. The van der Waals surface area contributed by atoms with Gasteiger partial charge in [0.05, 0.1) is 24.0 Å². The number of hydrogen-bond acceptors (Lipinski definition) is 8. The number of aldehydes is 1. The van der Waals surface area contributed by atoms with E-state index in [1.165, 1.54) is 38.5 Å². The lowest BCUT2D eigenvalue weighted by Crippen LogP contribution is -2.39. The Balaban J connectivity index is 2.57. The lowest BCUT2D eigenvalue weighted by molar-refractivity contribution is -0.180. The molecule has 0 spiro atoms. The molecule has 1 heterocycles. The average Bonchev–Trinajstić information content (AvgIpc) is 2.78. The monoisotopic (exact) mass is 446 g/mol. The van der Waals surface area contributed by atoms with Gasteiger partial charge in [-0.05, 0) is 62.8 Å². The summed E-state index contributed by atoms with van der Waals surface area (Å²) in [6, 6.07) is 0. The van der Waals surface area contributed by atoms with Crippen LogP contribution in [0.4, 0.5) is 0 Å². The summed E-state index contributed by atoms with van der Waals surface area (Å²) in [7, 11) is 0. The van der Waals surface area contributed by atoms with Gasteiger partial charge < -0.3 is 19.3 Å². The summed E-state index contributed by atoms with van der Waals surface area (Å²) in [5, 5.41) is 9.94. The summed E-state index contributed by atoms with van der Waals surface area (Å²) >= 11 is 0. The fourth-order valence-corrected chi connectivity index (χ4v) is 3.73. The second-order valence-corrected chi connectivity index (χ2v) is 8.46. The predicted molar refractivity (Wildman–Crippen MR) is 115 cm³/mol. The Kier molecular flexibility index (Phi) is 8.72. The summed E-state index contributed by atoms with van der Waals surface area (Å²) < 4.78 is 16.2. The smallest absolute Gasteiger partial charge is 0.307 e. The zero-order chi connectivity index (χ0) is 23.9. The molecule has 0 aromatic heterocycles. The van der Waals surface area contributed by atoms with Crippen molar-refractivity contribution >= 4 is 24.0 Å². The molecule has 0 unspecified atom stereocenters. The Hall–Kier alpha value is -3.00. The number of aliphatic hydroxyl groups is 1. The maximum atomic E-state index is 13.0. The largest absolute Gasteiger partial charge is 0.461 e. The van der Waals surface area contributed by atoms with E-state index in [4.69, 9.17) is 14.2 Å². The lowest BCUT2D eigenvalue weighted by Gasteiger charge is -2.37. The van der Waals surface area contributed by atoms with Crippen LogP contribution in [0.3, 0.4) is 0 Å². The normalized spacial score (nSPS) is 25.3. The van der Waals surface area contributed by atoms with Crippen molar-refractivity contribution in [2.24, 2.45) is 11.8 Å². The van der Waals surface area contributed by atoms with E-state index in [1.807, 2.05) is 0 Å². The van der Waals surface area contributed by atoms with Crippen LogP contribution in [0.2, 0.25) is 0 Å². The van der Waals surface area contributed by atoms with E-state index >= 15 is 0 Å². The highest BCUT2D eigenvalue weighted by Gasteiger charge is 2.42. The molecule has 0 bridgehead atoms. The first-order valence-electron chi connectivity index (χ1n) is 10.5. The molecule has 0 radical (unpaired) electrons. The molecule has 0 aromatic rings. The summed E-state index contributed by atoms with van der Waals surface area (Å²) in [5.74, 6) is -2.58. The fourth-order valence-electron chi connectivity index (χ4n) is 3.73. The van der Waals surface area contributed by atoms with Crippen molar-refractivity contribution in [1.82, 2.24) is 0 Å². The number of ether oxygens (including phenoxy) is 3. The minimum atomic E-state index is -1.19. The van der Waals surface area contributed by atoms with Crippen molar-refractivity contribution in [3.05, 3.63) is 47.5 Å². The lowest BCUT2D eigenvalue weighted by atomic mass is 9.75. The third-order valence-electron chi connectivity index (χ3n) is 5.19. The zero-order valence-corrected chi connectivity index (χ0v) is 18.8. The van der Waals surface area contributed by atoms with Crippen molar-refractivity contribution in [1.29, 1.82) is 0 Å². The van der Waals surface area contributed by atoms with Crippen LogP contribution < -0.4 is 0 Å². The minimum absolute atomic E-state index is 0.302. The molecule has 32 heavy (non-hydrogen) atoms. The second-order valence-electron chi connectivity index (χ2n) is 8.46. The number of carbonyl (C=O) groups excluding carboxylic acids is 4. The van der Waals surface area contributed by atoms with Crippen LogP contribution in [-0.2, 0) is 33.4 Å². The van der Waals surface area contributed by atoms with Crippen LogP contribution in [0.25, 0.3) is 0 Å². The molecule has 8 nitrogen and oxygen atoms in total. The molecule has 2 rings (SSSR count). The van der Waals surface area contributed by atoms with Crippen molar-refractivity contribution in [2.45, 2.75) is 65.3 Å². The van der Waals surface area contributed by atoms with Gasteiger partial charge >= 0.3 is 11.9 Å². The van der Waals surface area contributed by atoms with E-state index in [9.17, 15) is 24.3 Å². The number of ketones is 1. The third kappa shape index (κ3) is 7.30. The van der Waals surface area contributed by atoms with Gasteiger partial charge in [0.25, 0.3) is 6.29 Å². The van der Waals surface area contributed by atoms with Crippen LogP contribution in [-0.4, -0.2) is 41.0 Å². The first-order valence-corrected chi connectivity index (χ1v) is 10.5. The van der Waals surface area contributed by atoms with Gasteiger partial charge in [-0.15, -0.1) is 0 Å². The van der Waals surface area contributed by atoms with Crippen LogP contribution in [0.15, 0.2) is 47.5 Å². The standard InChI is InChI=1S/C24H30O8/c1-15(26)30-13-18-7-5-6-17(12-25)8-9-19-20(21(28)10-11-24(3,4)29)14-31-23(22(18)19)32-16(2)27/h8,10-14,19,22-23,29H,5-7,9H2,1-4H3/t19-,22+,23-/m1/s1. The van der Waals surface area contributed by atoms with E-state index in [-0.39, 0.29) is 5.78 Å². The van der Waals surface area contributed by atoms with Crippen molar-refractivity contribution in [2.75, 3.05) is 0 Å². The van der Waals surface area contributed by atoms with Gasteiger partial charge in [-0.2, -0.15) is 0 Å². The maximum absolute atomic E-state index is 13.0. The zero-order valence-electron chi connectivity index (χ0n) is 18.8. The molecule has 8 heteroatoms. The molecule has 174 valence electrons. The van der Waals surface area contributed by atoms with E-state index in [0.29, 0.717) is 42.4 Å². The molecule has 0 saturated carbocycles. The Morgan fingerprint density at radius 2 is 1.91 bits per heavy atom. The molecular weight excluding hydrogens is 416 g/mol. The molecule has 0 amide bonds. The van der Waals surface area contributed by atoms with Gasteiger partial charge in [0.2, 0.25) is 0 Å². The first kappa shape index (κ1) is 25.3. The van der Waals surface area contributed by atoms with Crippen LogP contribution in [0, 0.1) is 11.8 Å². The first-order chi connectivity index (χ1) is 15.0. The maximum Gasteiger partial charge on any atom is 0.307 e. The molecule has 1 aliphatic carbocycles. The van der Waals surface area contributed by atoms with Crippen molar-refractivity contribution in [3.63, 3.8) is 0 Å². The van der Waals surface area contributed by atoms with Gasteiger partial charge in [0.15, 0.2) is 5.78 Å². The van der Waals surface area contributed by atoms with Crippen LogP contribution in [0.1, 0.15) is 53.4 Å². The second kappa shape index (κ2) is 11.0. The van der Waals surface area contributed by atoms with E-state index < -0.39 is 35.7 Å². The number of fused-ring (bicyclic) bond motifs is 1. The number of hydrogen-bond donors (Lipinski definition) is 1. The molecule has 3 atom stereocenters. The highest BCUT2D eigenvalue weighted by molar-refractivity contribution is 6.04. The highest BCUT2D eigenvalue weighted by atomic mass is 16.7. The quantitative estimate of drug-likeness (QED) is 0.286. The molecule has 0 aromatic carbocycles. The molecule has 1 N–H and O–H groups in total. The summed E-state index contributed by atoms with van der Waals surface area (Å²) in [6.07, 6.45) is 8.64. The van der Waals surface area contributed by atoms with Crippen LogP contribution >= 0.6 is 0 Å². The van der Waals surface area contributed by atoms with Gasteiger partial charge in [0.1, 0.15) is 6.29 Å². The van der Waals surface area contributed by atoms with Crippen molar-refractivity contribution in [3.8, 4) is 0 Å².